The average Bonchev–Trinajstić information content (AvgIpc) is 2.13. The third kappa shape index (κ3) is 4.87. The molecule has 0 spiro atoms. The van der Waals surface area contributed by atoms with Gasteiger partial charge in [0.2, 0.25) is 10.0 Å². The second-order valence-electron chi connectivity index (χ2n) is 3.01. The smallest absolute Gasteiger partial charge is 0.211 e. The predicted molar refractivity (Wildman–Crippen MR) is 54.0 cm³/mol. The number of sulfonamides is 1. The van der Waals surface area contributed by atoms with E-state index in [1.807, 2.05) is 0 Å². The van der Waals surface area contributed by atoms with Crippen LogP contribution in [-0.2, 0) is 21.4 Å². The fourth-order valence-corrected chi connectivity index (χ4v) is 1.32. The summed E-state index contributed by atoms with van der Waals surface area (Å²) in [7, 11) is -3.51. The molecule has 6 heteroatoms. The highest BCUT2D eigenvalue weighted by Crippen LogP contribution is 2.07. The molecule has 84 valence electrons. The molecule has 1 aromatic carbocycles. The van der Waals surface area contributed by atoms with E-state index >= 15 is 0 Å². The van der Waals surface area contributed by atoms with Crippen LogP contribution >= 0.6 is 0 Å². The molecule has 0 heterocycles. The molecule has 0 saturated heterocycles. The third-order valence-corrected chi connectivity index (χ3v) is 2.46. The van der Waals surface area contributed by atoms with Gasteiger partial charge >= 0.3 is 0 Å². The molecule has 1 rings (SSSR count). The lowest BCUT2D eigenvalue weighted by atomic mass is 10.2. The SMILES string of the molecule is NS(=O)(=O)CCOCc1ccccc1F. The number of rotatable bonds is 5. The Kier molecular flexibility index (Phi) is 4.19. The van der Waals surface area contributed by atoms with Crippen LogP contribution in [0.1, 0.15) is 5.56 Å². The first-order chi connectivity index (χ1) is 6.99. The van der Waals surface area contributed by atoms with Gasteiger partial charge in [0.15, 0.2) is 0 Å². The summed E-state index contributed by atoms with van der Waals surface area (Å²) < 4.78 is 39.1. The largest absolute Gasteiger partial charge is 0.376 e. The molecule has 0 amide bonds. The van der Waals surface area contributed by atoms with Gasteiger partial charge in [-0.1, -0.05) is 18.2 Å². The van der Waals surface area contributed by atoms with Crippen molar-refractivity contribution < 1.29 is 17.5 Å². The first-order valence-corrected chi connectivity index (χ1v) is 6.02. The molecule has 0 aliphatic rings. The molecule has 15 heavy (non-hydrogen) atoms. The molecule has 0 bridgehead atoms. The van der Waals surface area contributed by atoms with Crippen molar-refractivity contribution in [1.29, 1.82) is 0 Å². The first-order valence-electron chi connectivity index (χ1n) is 4.30. The number of nitrogens with two attached hydrogens (primary N) is 1. The lowest BCUT2D eigenvalue weighted by Crippen LogP contribution is -2.20. The Labute approximate surface area is 87.9 Å². The highest BCUT2D eigenvalue weighted by Gasteiger charge is 2.04. The molecular formula is C9H12FNO3S. The second-order valence-corrected chi connectivity index (χ2v) is 4.74. The van der Waals surface area contributed by atoms with Crippen LogP contribution in [0.2, 0.25) is 0 Å². The summed E-state index contributed by atoms with van der Waals surface area (Å²) in [5.74, 6) is -0.630. The molecule has 0 atom stereocenters. The second kappa shape index (κ2) is 5.20. The van der Waals surface area contributed by atoms with Crippen molar-refractivity contribution >= 4 is 10.0 Å². The van der Waals surface area contributed by atoms with Gasteiger partial charge in [0.05, 0.1) is 19.0 Å². The van der Waals surface area contributed by atoms with Gasteiger partial charge < -0.3 is 4.74 Å². The summed E-state index contributed by atoms with van der Waals surface area (Å²) in [4.78, 5) is 0. The van der Waals surface area contributed by atoms with Crippen LogP contribution in [0.3, 0.4) is 0 Å². The molecular weight excluding hydrogens is 221 g/mol. The summed E-state index contributed by atoms with van der Waals surface area (Å²) in [6.07, 6.45) is 0. The lowest BCUT2D eigenvalue weighted by Gasteiger charge is -2.04. The zero-order chi connectivity index (χ0) is 11.3. The minimum atomic E-state index is -3.51. The highest BCUT2D eigenvalue weighted by atomic mass is 32.2. The molecule has 1 aromatic rings. The Hall–Kier alpha value is -0.980. The summed E-state index contributed by atoms with van der Waals surface area (Å²) in [6.45, 7) is 0.00929. The van der Waals surface area contributed by atoms with Crippen LogP contribution < -0.4 is 5.14 Å². The average molecular weight is 233 g/mol. The van der Waals surface area contributed by atoms with Crippen molar-refractivity contribution in [2.24, 2.45) is 5.14 Å². The van der Waals surface area contributed by atoms with Crippen LogP contribution in [0.5, 0.6) is 0 Å². The van der Waals surface area contributed by atoms with E-state index in [4.69, 9.17) is 9.88 Å². The van der Waals surface area contributed by atoms with Gasteiger partial charge in [-0.15, -0.1) is 0 Å². The minimum absolute atomic E-state index is 0.0346. The summed E-state index contributed by atoms with van der Waals surface area (Å²) >= 11 is 0. The van der Waals surface area contributed by atoms with Crippen molar-refractivity contribution in [2.45, 2.75) is 6.61 Å². The quantitative estimate of drug-likeness (QED) is 0.758. The van der Waals surface area contributed by atoms with E-state index < -0.39 is 10.0 Å². The van der Waals surface area contributed by atoms with Gasteiger partial charge in [-0.2, -0.15) is 0 Å². The number of hydrogen-bond acceptors (Lipinski definition) is 3. The third-order valence-electron chi connectivity index (χ3n) is 1.73. The standard InChI is InChI=1S/C9H12FNO3S/c10-9-4-2-1-3-8(9)7-14-5-6-15(11,12)13/h1-4H,5-7H2,(H2,11,12,13). The summed E-state index contributed by atoms with van der Waals surface area (Å²) in [5.41, 5.74) is 0.395. The lowest BCUT2D eigenvalue weighted by molar-refractivity contribution is 0.133. The normalized spacial score (nSPS) is 11.6. The van der Waals surface area contributed by atoms with E-state index in [-0.39, 0.29) is 24.8 Å². The fraction of sp³-hybridized carbons (Fsp3) is 0.333. The maximum atomic E-state index is 13.0. The number of ether oxygens (including phenoxy) is 1. The molecule has 0 aliphatic carbocycles. The number of primary sulfonamides is 1. The van der Waals surface area contributed by atoms with Gasteiger partial charge in [-0.3, -0.25) is 0 Å². The van der Waals surface area contributed by atoms with E-state index in [1.165, 1.54) is 6.07 Å². The zero-order valence-corrected chi connectivity index (χ0v) is 8.84. The molecule has 2 N–H and O–H groups in total. The number of benzene rings is 1. The molecule has 0 saturated carbocycles. The topological polar surface area (TPSA) is 69.4 Å². The van der Waals surface area contributed by atoms with Crippen molar-refractivity contribution in [3.63, 3.8) is 0 Å². The molecule has 0 aromatic heterocycles. The Balaban J connectivity index is 2.36. The summed E-state index contributed by atoms with van der Waals surface area (Å²) in [5, 5.41) is 4.76. The van der Waals surface area contributed by atoms with Crippen LogP contribution in [0.15, 0.2) is 24.3 Å². The van der Waals surface area contributed by atoms with Crippen LogP contribution in [-0.4, -0.2) is 20.8 Å². The van der Waals surface area contributed by atoms with Gasteiger partial charge in [-0.25, -0.2) is 17.9 Å². The first kappa shape index (κ1) is 12.1. The number of hydrogen-bond donors (Lipinski definition) is 1. The van der Waals surface area contributed by atoms with Gasteiger partial charge in [0, 0.05) is 5.56 Å². The van der Waals surface area contributed by atoms with E-state index in [0.717, 1.165) is 0 Å². The fourth-order valence-electron chi connectivity index (χ4n) is 0.973. The zero-order valence-electron chi connectivity index (χ0n) is 8.02. The van der Waals surface area contributed by atoms with Crippen LogP contribution in [0, 0.1) is 5.82 Å². The molecule has 4 nitrogen and oxygen atoms in total. The van der Waals surface area contributed by atoms with Crippen molar-refractivity contribution in [2.75, 3.05) is 12.4 Å². The van der Waals surface area contributed by atoms with Gasteiger partial charge in [0.1, 0.15) is 5.82 Å². The Bertz CT molecular complexity index is 419. The van der Waals surface area contributed by atoms with E-state index in [9.17, 15) is 12.8 Å². The minimum Gasteiger partial charge on any atom is -0.376 e. The Morgan fingerprint density at radius 1 is 1.33 bits per heavy atom. The van der Waals surface area contributed by atoms with Crippen LogP contribution in [0.25, 0.3) is 0 Å². The van der Waals surface area contributed by atoms with Crippen LogP contribution in [0.4, 0.5) is 4.39 Å². The maximum Gasteiger partial charge on any atom is 0.211 e. The van der Waals surface area contributed by atoms with Crippen molar-refractivity contribution in [3.05, 3.63) is 35.6 Å². The van der Waals surface area contributed by atoms with E-state index in [2.05, 4.69) is 0 Å². The predicted octanol–water partition coefficient (Wildman–Crippen LogP) is 0.631. The van der Waals surface area contributed by atoms with E-state index in [0.29, 0.717) is 5.56 Å². The maximum absolute atomic E-state index is 13.0. The number of halogens is 1. The molecule has 0 aliphatic heterocycles. The highest BCUT2D eigenvalue weighted by molar-refractivity contribution is 7.89. The monoisotopic (exact) mass is 233 g/mol. The molecule has 0 unspecified atom stereocenters. The summed E-state index contributed by atoms with van der Waals surface area (Å²) in [6, 6.07) is 6.15. The van der Waals surface area contributed by atoms with Gasteiger partial charge in [0.25, 0.3) is 0 Å². The Morgan fingerprint density at radius 3 is 2.60 bits per heavy atom. The van der Waals surface area contributed by atoms with E-state index in [1.54, 1.807) is 18.2 Å². The van der Waals surface area contributed by atoms with Crippen molar-refractivity contribution in [1.82, 2.24) is 0 Å². The van der Waals surface area contributed by atoms with Crippen molar-refractivity contribution in [3.8, 4) is 0 Å². The van der Waals surface area contributed by atoms with Gasteiger partial charge in [-0.05, 0) is 6.07 Å². The Morgan fingerprint density at radius 2 is 2.00 bits per heavy atom. The molecule has 0 radical (unpaired) electrons. The molecule has 0 fully saturated rings.